The van der Waals surface area contributed by atoms with Gasteiger partial charge in [0.2, 0.25) is 5.75 Å². The van der Waals surface area contributed by atoms with Crippen molar-refractivity contribution in [3.05, 3.63) is 27.4 Å². The van der Waals surface area contributed by atoms with Crippen molar-refractivity contribution in [2.24, 2.45) is 0 Å². The zero-order chi connectivity index (χ0) is 14.7. The molecule has 0 unspecified atom stereocenters. The van der Waals surface area contributed by atoms with Gasteiger partial charge in [0.05, 0.1) is 26.9 Å². The van der Waals surface area contributed by atoms with E-state index in [1.165, 1.54) is 0 Å². The van der Waals surface area contributed by atoms with E-state index in [0.29, 0.717) is 37.8 Å². The molecule has 1 aromatic heterocycles. The molecule has 0 saturated carbocycles. The number of benzene rings is 1. The highest BCUT2D eigenvalue weighted by Gasteiger charge is 2.19. The summed E-state index contributed by atoms with van der Waals surface area (Å²) in [6.45, 7) is 0. The van der Waals surface area contributed by atoms with Crippen molar-refractivity contribution in [3.63, 3.8) is 0 Å². The van der Waals surface area contributed by atoms with Gasteiger partial charge in [-0.15, -0.1) is 0 Å². The molecule has 0 atom stereocenters. The number of hydrogen-bond acceptors (Lipinski definition) is 5. The number of rotatable bonds is 4. The third kappa shape index (κ3) is 2.88. The number of ether oxygens (including phenoxy) is 3. The summed E-state index contributed by atoms with van der Waals surface area (Å²) in [4.78, 5) is 8.69. The van der Waals surface area contributed by atoms with Crippen LogP contribution < -0.4 is 14.2 Å². The first-order valence-corrected chi connectivity index (χ1v) is 7.18. The molecular formula is C13H12Br2N2O3. The van der Waals surface area contributed by atoms with Gasteiger partial charge in [-0.1, -0.05) is 0 Å². The quantitative estimate of drug-likeness (QED) is 0.728. The first kappa shape index (κ1) is 15.1. The maximum absolute atomic E-state index is 5.43. The molecule has 0 aliphatic heterocycles. The summed E-state index contributed by atoms with van der Waals surface area (Å²) in [6.07, 6.45) is 0. The Hall–Kier alpha value is -1.34. The fourth-order valence-electron chi connectivity index (χ4n) is 1.79. The van der Waals surface area contributed by atoms with E-state index in [4.69, 9.17) is 14.2 Å². The summed E-state index contributed by atoms with van der Waals surface area (Å²) in [5.74, 6) is 2.13. The SMILES string of the molecule is COc1ccc(-c2nc(Br)cc(Br)n2)c(OC)c1OC. The number of hydrogen-bond donors (Lipinski definition) is 0. The molecule has 1 aromatic carbocycles. The Labute approximate surface area is 133 Å². The van der Waals surface area contributed by atoms with Crippen LogP contribution >= 0.6 is 31.9 Å². The Morgan fingerprint density at radius 3 is 1.95 bits per heavy atom. The van der Waals surface area contributed by atoms with E-state index >= 15 is 0 Å². The van der Waals surface area contributed by atoms with Crippen molar-refractivity contribution in [1.82, 2.24) is 9.97 Å². The van der Waals surface area contributed by atoms with Gasteiger partial charge in [0.1, 0.15) is 9.21 Å². The van der Waals surface area contributed by atoms with Gasteiger partial charge < -0.3 is 14.2 Å². The fraction of sp³-hybridized carbons (Fsp3) is 0.231. The van der Waals surface area contributed by atoms with Crippen LogP contribution in [0, 0.1) is 0 Å². The van der Waals surface area contributed by atoms with Crippen molar-refractivity contribution in [1.29, 1.82) is 0 Å². The predicted octanol–water partition coefficient (Wildman–Crippen LogP) is 3.69. The van der Waals surface area contributed by atoms with Crippen LogP contribution in [0.25, 0.3) is 11.4 Å². The fourth-order valence-corrected chi connectivity index (χ4v) is 2.86. The lowest BCUT2D eigenvalue weighted by molar-refractivity contribution is 0.325. The molecule has 0 N–H and O–H groups in total. The van der Waals surface area contributed by atoms with Gasteiger partial charge >= 0.3 is 0 Å². The average Bonchev–Trinajstić information content (AvgIpc) is 2.44. The van der Waals surface area contributed by atoms with Crippen molar-refractivity contribution < 1.29 is 14.2 Å². The molecule has 5 nitrogen and oxygen atoms in total. The third-order valence-electron chi connectivity index (χ3n) is 2.61. The minimum absolute atomic E-state index is 0.507. The van der Waals surface area contributed by atoms with Gasteiger partial charge in [-0.25, -0.2) is 9.97 Å². The lowest BCUT2D eigenvalue weighted by atomic mass is 10.1. The van der Waals surface area contributed by atoms with E-state index in [1.807, 2.05) is 6.07 Å². The van der Waals surface area contributed by atoms with Crippen LogP contribution in [0.15, 0.2) is 27.4 Å². The molecule has 0 saturated heterocycles. The maximum atomic E-state index is 5.43. The second kappa shape index (κ2) is 6.41. The Morgan fingerprint density at radius 1 is 0.850 bits per heavy atom. The van der Waals surface area contributed by atoms with Crippen LogP contribution in [0.3, 0.4) is 0 Å². The molecule has 7 heteroatoms. The first-order valence-electron chi connectivity index (χ1n) is 5.60. The van der Waals surface area contributed by atoms with E-state index in [2.05, 4.69) is 41.8 Å². The minimum atomic E-state index is 0.507. The molecule has 20 heavy (non-hydrogen) atoms. The number of halogens is 2. The Morgan fingerprint density at radius 2 is 1.45 bits per heavy atom. The van der Waals surface area contributed by atoms with Gasteiger partial charge in [0.25, 0.3) is 0 Å². The molecule has 2 aromatic rings. The highest BCUT2D eigenvalue weighted by molar-refractivity contribution is 9.11. The summed E-state index contributed by atoms with van der Waals surface area (Å²) in [5, 5.41) is 0. The lowest BCUT2D eigenvalue weighted by Gasteiger charge is -2.15. The topological polar surface area (TPSA) is 53.5 Å². The predicted molar refractivity (Wildman–Crippen MR) is 82.5 cm³/mol. The third-order valence-corrected chi connectivity index (χ3v) is 3.42. The Kier molecular flexibility index (Phi) is 4.82. The summed E-state index contributed by atoms with van der Waals surface area (Å²) in [7, 11) is 4.69. The molecular weight excluding hydrogens is 392 g/mol. The van der Waals surface area contributed by atoms with Crippen molar-refractivity contribution >= 4 is 31.9 Å². The number of aromatic nitrogens is 2. The van der Waals surface area contributed by atoms with Gasteiger partial charge in [-0.3, -0.25) is 0 Å². The van der Waals surface area contributed by atoms with Gasteiger partial charge in [0.15, 0.2) is 17.3 Å². The molecule has 0 fully saturated rings. The van der Waals surface area contributed by atoms with E-state index in [9.17, 15) is 0 Å². The summed E-state index contributed by atoms with van der Waals surface area (Å²) < 4.78 is 17.4. The maximum Gasteiger partial charge on any atom is 0.204 e. The highest BCUT2D eigenvalue weighted by atomic mass is 79.9. The minimum Gasteiger partial charge on any atom is -0.493 e. The van der Waals surface area contributed by atoms with Crippen molar-refractivity contribution in [2.45, 2.75) is 0 Å². The van der Waals surface area contributed by atoms with E-state index in [1.54, 1.807) is 33.5 Å². The van der Waals surface area contributed by atoms with Crippen LogP contribution in [0.5, 0.6) is 17.2 Å². The normalized spacial score (nSPS) is 10.2. The lowest BCUT2D eigenvalue weighted by Crippen LogP contribution is -1.99. The van der Waals surface area contributed by atoms with Gasteiger partial charge in [-0.2, -0.15) is 0 Å². The monoisotopic (exact) mass is 402 g/mol. The zero-order valence-electron chi connectivity index (χ0n) is 11.1. The molecule has 0 radical (unpaired) electrons. The molecule has 0 amide bonds. The molecule has 0 aliphatic rings. The summed E-state index contributed by atoms with van der Waals surface area (Å²) in [6, 6.07) is 5.37. The Bertz CT molecular complexity index is 615. The highest BCUT2D eigenvalue weighted by Crippen LogP contribution is 2.43. The Balaban J connectivity index is 2.67. The average molecular weight is 404 g/mol. The molecule has 0 aliphatic carbocycles. The van der Waals surface area contributed by atoms with Crippen LogP contribution in [0.4, 0.5) is 0 Å². The standard InChI is InChI=1S/C13H12Br2N2O3/c1-18-8-5-4-7(11(19-2)12(8)20-3)13-16-9(14)6-10(15)17-13/h4-6H,1-3H3. The van der Waals surface area contributed by atoms with Crippen LogP contribution in [-0.4, -0.2) is 31.3 Å². The molecule has 2 rings (SSSR count). The van der Waals surface area contributed by atoms with Crippen LogP contribution in [0.1, 0.15) is 0 Å². The second-order valence-corrected chi connectivity index (χ2v) is 5.34. The second-order valence-electron chi connectivity index (χ2n) is 3.72. The van der Waals surface area contributed by atoms with Gasteiger partial charge in [-0.05, 0) is 44.0 Å². The summed E-state index contributed by atoms with van der Waals surface area (Å²) >= 11 is 6.69. The molecule has 0 bridgehead atoms. The van der Waals surface area contributed by atoms with Gasteiger partial charge in [0, 0.05) is 6.07 Å². The van der Waals surface area contributed by atoms with E-state index < -0.39 is 0 Å². The van der Waals surface area contributed by atoms with Crippen molar-refractivity contribution in [2.75, 3.05) is 21.3 Å². The largest absolute Gasteiger partial charge is 0.493 e. The molecule has 106 valence electrons. The summed E-state index contributed by atoms with van der Waals surface area (Å²) in [5.41, 5.74) is 0.715. The van der Waals surface area contributed by atoms with E-state index in [-0.39, 0.29) is 0 Å². The number of nitrogens with zero attached hydrogens (tertiary/aromatic N) is 2. The van der Waals surface area contributed by atoms with Crippen molar-refractivity contribution in [3.8, 4) is 28.6 Å². The zero-order valence-corrected chi connectivity index (χ0v) is 14.3. The number of methoxy groups -OCH3 is 3. The first-order chi connectivity index (χ1) is 9.60. The smallest absolute Gasteiger partial charge is 0.204 e. The molecule has 0 spiro atoms. The van der Waals surface area contributed by atoms with Crippen LogP contribution in [0.2, 0.25) is 0 Å². The molecule has 1 heterocycles. The van der Waals surface area contributed by atoms with Crippen LogP contribution in [-0.2, 0) is 0 Å². The van der Waals surface area contributed by atoms with E-state index in [0.717, 1.165) is 0 Å².